The second-order valence-electron chi connectivity index (χ2n) is 3.62. The number of hydrogen-bond acceptors (Lipinski definition) is 3. The largest absolute Gasteiger partial charge is 0.446 e. The van der Waals surface area contributed by atoms with Gasteiger partial charge < -0.3 is 10.6 Å². The van der Waals surface area contributed by atoms with Gasteiger partial charge in [0.15, 0.2) is 0 Å². The van der Waals surface area contributed by atoms with Crippen LogP contribution < -0.4 is 10.6 Å². The van der Waals surface area contributed by atoms with Gasteiger partial charge in [0, 0.05) is 18.7 Å². The van der Waals surface area contributed by atoms with E-state index in [0.717, 1.165) is 6.07 Å². The van der Waals surface area contributed by atoms with Crippen molar-refractivity contribution in [2.75, 3.05) is 10.6 Å². The zero-order chi connectivity index (χ0) is 14.6. The zero-order valence-corrected chi connectivity index (χ0v) is 10.9. The van der Waals surface area contributed by atoms with E-state index in [9.17, 15) is 22.8 Å². The molecule has 2 amide bonds. The normalized spacial score (nSPS) is 11.0. The Kier molecular flexibility index (Phi) is 4.82. The highest BCUT2D eigenvalue weighted by Gasteiger charge is 2.29. The van der Waals surface area contributed by atoms with Gasteiger partial charge in [-0.15, -0.1) is 0 Å². The van der Waals surface area contributed by atoms with E-state index in [4.69, 9.17) is 0 Å². The lowest BCUT2D eigenvalue weighted by atomic mass is 10.2. The fourth-order valence-electron chi connectivity index (χ4n) is 1.31. The molecule has 8 heteroatoms. The van der Waals surface area contributed by atoms with Crippen LogP contribution in [0.25, 0.3) is 0 Å². The minimum Gasteiger partial charge on any atom is -0.325 e. The van der Waals surface area contributed by atoms with Crippen LogP contribution in [-0.2, 0) is 9.59 Å². The first-order valence-electron chi connectivity index (χ1n) is 5.12. The minimum atomic E-state index is -4.41. The highest BCUT2D eigenvalue weighted by atomic mass is 32.2. The van der Waals surface area contributed by atoms with Crippen molar-refractivity contribution >= 4 is 35.0 Å². The summed E-state index contributed by atoms with van der Waals surface area (Å²) < 4.78 is 36.8. The van der Waals surface area contributed by atoms with E-state index in [1.54, 1.807) is 0 Å². The molecule has 0 aliphatic rings. The van der Waals surface area contributed by atoms with Gasteiger partial charge in [0.2, 0.25) is 11.8 Å². The Balaban J connectivity index is 3.07. The predicted octanol–water partition coefficient (Wildman–Crippen LogP) is 3.22. The van der Waals surface area contributed by atoms with Crippen molar-refractivity contribution in [3.63, 3.8) is 0 Å². The maximum atomic E-state index is 12.3. The predicted molar refractivity (Wildman–Crippen MR) is 67.0 cm³/mol. The topological polar surface area (TPSA) is 58.2 Å². The standard InChI is InChI=1S/C11H11F3N2O2S/c1-6(17)15-9-4-3-8(19-11(12,13)14)5-10(9)16-7(2)18/h3-5H,1-2H3,(H,15,17)(H,16,18). The third-order valence-corrected chi connectivity index (χ3v) is 2.57. The number of anilines is 2. The molecule has 104 valence electrons. The van der Waals surface area contributed by atoms with Crippen LogP contribution in [0.3, 0.4) is 0 Å². The summed E-state index contributed by atoms with van der Waals surface area (Å²) in [6, 6.07) is 3.68. The number of carbonyl (C=O) groups excluding carboxylic acids is 2. The molecule has 4 nitrogen and oxygen atoms in total. The monoisotopic (exact) mass is 292 g/mol. The molecule has 0 atom stereocenters. The van der Waals surface area contributed by atoms with E-state index in [0.29, 0.717) is 0 Å². The molecule has 0 radical (unpaired) electrons. The summed E-state index contributed by atoms with van der Waals surface area (Å²) in [5.41, 5.74) is -4.05. The van der Waals surface area contributed by atoms with Crippen LogP contribution in [0.1, 0.15) is 13.8 Å². The molecule has 0 saturated carbocycles. The first kappa shape index (κ1) is 15.4. The third-order valence-electron chi connectivity index (χ3n) is 1.85. The number of halogens is 3. The second kappa shape index (κ2) is 5.96. The van der Waals surface area contributed by atoms with Gasteiger partial charge >= 0.3 is 5.51 Å². The molecule has 2 N–H and O–H groups in total. The van der Waals surface area contributed by atoms with Crippen molar-refractivity contribution in [1.29, 1.82) is 0 Å². The molecule has 0 aromatic heterocycles. The molecule has 0 saturated heterocycles. The molecule has 1 aromatic carbocycles. The number of thioether (sulfide) groups is 1. The van der Waals surface area contributed by atoms with Crippen molar-refractivity contribution in [3.05, 3.63) is 18.2 Å². The number of hydrogen-bond donors (Lipinski definition) is 2. The summed E-state index contributed by atoms with van der Waals surface area (Å²) in [4.78, 5) is 21.9. The number of rotatable bonds is 3. The van der Waals surface area contributed by atoms with Gasteiger partial charge in [0.25, 0.3) is 0 Å². The highest BCUT2D eigenvalue weighted by Crippen LogP contribution is 2.39. The van der Waals surface area contributed by atoms with Gasteiger partial charge in [-0.1, -0.05) is 0 Å². The number of alkyl halides is 3. The van der Waals surface area contributed by atoms with Gasteiger partial charge in [-0.3, -0.25) is 9.59 Å². The van der Waals surface area contributed by atoms with Gasteiger partial charge in [-0.05, 0) is 30.0 Å². The number of nitrogens with one attached hydrogen (secondary N) is 2. The Bertz CT molecular complexity index is 503. The molecule has 1 aromatic rings. The molecule has 0 fully saturated rings. The van der Waals surface area contributed by atoms with Crippen LogP contribution in [0.2, 0.25) is 0 Å². The van der Waals surface area contributed by atoms with E-state index in [2.05, 4.69) is 10.6 Å². The lowest BCUT2D eigenvalue weighted by Gasteiger charge is -2.13. The lowest BCUT2D eigenvalue weighted by molar-refractivity contribution is -0.115. The maximum Gasteiger partial charge on any atom is 0.446 e. The molecular weight excluding hydrogens is 281 g/mol. The average Bonchev–Trinajstić information content (AvgIpc) is 2.18. The molecule has 0 unspecified atom stereocenters. The van der Waals surface area contributed by atoms with Crippen molar-refractivity contribution in [3.8, 4) is 0 Å². The second-order valence-corrected chi connectivity index (χ2v) is 4.76. The third kappa shape index (κ3) is 5.64. The smallest absolute Gasteiger partial charge is 0.325 e. The first-order chi connectivity index (χ1) is 8.67. The molecule has 0 aliphatic heterocycles. The first-order valence-corrected chi connectivity index (χ1v) is 5.94. The Morgan fingerprint density at radius 1 is 1.05 bits per heavy atom. The van der Waals surface area contributed by atoms with Gasteiger partial charge in [0.1, 0.15) is 0 Å². The molecule has 19 heavy (non-hydrogen) atoms. The summed E-state index contributed by atoms with van der Waals surface area (Å²) in [5.74, 6) is -0.830. The van der Waals surface area contributed by atoms with Gasteiger partial charge in [0.05, 0.1) is 11.4 Å². The van der Waals surface area contributed by atoms with E-state index >= 15 is 0 Å². The van der Waals surface area contributed by atoms with E-state index in [-0.39, 0.29) is 33.9 Å². The fraction of sp³-hybridized carbons (Fsp3) is 0.273. The molecule has 1 rings (SSSR count). The molecular formula is C11H11F3N2O2S. The summed E-state index contributed by atoms with van der Waals surface area (Å²) in [5, 5.41) is 4.80. The molecule has 0 bridgehead atoms. The van der Waals surface area contributed by atoms with Crippen molar-refractivity contribution in [2.24, 2.45) is 0 Å². The average molecular weight is 292 g/mol. The molecule has 0 spiro atoms. The zero-order valence-electron chi connectivity index (χ0n) is 10.1. The minimum absolute atomic E-state index is 0.0784. The summed E-state index contributed by atoms with van der Waals surface area (Å²) >= 11 is -0.294. The summed E-state index contributed by atoms with van der Waals surface area (Å²) in [7, 11) is 0. The highest BCUT2D eigenvalue weighted by molar-refractivity contribution is 8.00. The van der Waals surface area contributed by atoms with Crippen molar-refractivity contribution < 1.29 is 22.8 Å². The molecule has 0 heterocycles. The Hall–Kier alpha value is -1.70. The van der Waals surface area contributed by atoms with Crippen LogP contribution in [0.15, 0.2) is 23.1 Å². The Morgan fingerprint density at radius 3 is 2.05 bits per heavy atom. The SMILES string of the molecule is CC(=O)Nc1ccc(SC(F)(F)F)cc1NC(C)=O. The fourth-order valence-corrected chi connectivity index (χ4v) is 1.89. The van der Waals surface area contributed by atoms with Crippen LogP contribution >= 0.6 is 11.8 Å². The number of amides is 2. The van der Waals surface area contributed by atoms with Crippen LogP contribution in [-0.4, -0.2) is 17.3 Å². The van der Waals surface area contributed by atoms with Crippen LogP contribution in [0.4, 0.5) is 24.5 Å². The number of carbonyl (C=O) groups is 2. The van der Waals surface area contributed by atoms with Crippen LogP contribution in [0, 0.1) is 0 Å². The Morgan fingerprint density at radius 2 is 1.58 bits per heavy atom. The van der Waals surface area contributed by atoms with Crippen molar-refractivity contribution in [1.82, 2.24) is 0 Å². The number of benzene rings is 1. The summed E-state index contributed by atoms with van der Waals surface area (Å²) in [6.07, 6.45) is 0. The summed E-state index contributed by atoms with van der Waals surface area (Å²) in [6.45, 7) is 2.48. The van der Waals surface area contributed by atoms with Gasteiger partial charge in [-0.25, -0.2) is 0 Å². The van der Waals surface area contributed by atoms with E-state index in [1.165, 1.54) is 26.0 Å². The van der Waals surface area contributed by atoms with Crippen LogP contribution in [0.5, 0.6) is 0 Å². The van der Waals surface area contributed by atoms with Crippen molar-refractivity contribution in [2.45, 2.75) is 24.3 Å². The Labute approximate surface area is 111 Å². The van der Waals surface area contributed by atoms with Gasteiger partial charge in [-0.2, -0.15) is 13.2 Å². The van der Waals surface area contributed by atoms with E-state index < -0.39 is 11.4 Å². The van der Waals surface area contributed by atoms with E-state index in [1.807, 2.05) is 0 Å². The quantitative estimate of drug-likeness (QED) is 0.841. The maximum absolute atomic E-state index is 12.3. The molecule has 0 aliphatic carbocycles. The lowest BCUT2D eigenvalue weighted by Crippen LogP contribution is -2.12.